The van der Waals surface area contributed by atoms with Crippen molar-refractivity contribution in [3.05, 3.63) is 67.0 Å². The number of sulfone groups is 1. The summed E-state index contributed by atoms with van der Waals surface area (Å²) in [5, 5.41) is 0. The summed E-state index contributed by atoms with van der Waals surface area (Å²) >= 11 is 0. The van der Waals surface area contributed by atoms with Crippen LogP contribution < -0.4 is 0 Å². The van der Waals surface area contributed by atoms with Crippen LogP contribution in [-0.4, -0.2) is 24.6 Å². The van der Waals surface area contributed by atoms with Crippen LogP contribution in [0.3, 0.4) is 0 Å². The lowest BCUT2D eigenvalue weighted by atomic mass is 10.0. The number of hydrogen-bond acceptors (Lipinski definition) is 4. The molecule has 4 nitrogen and oxygen atoms in total. The lowest BCUT2D eigenvalue weighted by molar-refractivity contribution is 0.602. The van der Waals surface area contributed by atoms with E-state index in [0.29, 0.717) is 5.69 Å². The highest BCUT2D eigenvalue weighted by molar-refractivity contribution is 7.90. The van der Waals surface area contributed by atoms with Gasteiger partial charge >= 0.3 is 0 Å². The second-order valence-corrected chi connectivity index (χ2v) is 6.93. The van der Waals surface area contributed by atoms with Crippen molar-refractivity contribution in [2.75, 3.05) is 6.26 Å². The molecule has 0 amide bonds. The first-order valence-corrected chi connectivity index (χ1v) is 8.62. The lowest BCUT2D eigenvalue weighted by Crippen LogP contribution is -1.98. The van der Waals surface area contributed by atoms with Gasteiger partial charge in [0.25, 0.3) is 0 Å². The molecule has 0 atom stereocenters. The molecule has 3 rings (SSSR count). The summed E-state index contributed by atoms with van der Waals surface area (Å²) in [5.74, 6) is 0. The van der Waals surface area contributed by atoms with Gasteiger partial charge in [-0.2, -0.15) is 0 Å². The number of pyridine rings is 2. The third-order valence-electron chi connectivity index (χ3n) is 3.28. The molecule has 0 bridgehead atoms. The monoisotopic (exact) mass is 310 g/mol. The van der Waals surface area contributed by atoms with Crippen molar-refractivity contribution in [3.8, 4) is 22.5 Å². The maximum atomic E-state index is 11.7. The van der Waals surface area contributed by atoms with Crippen LogP contribution in [0.2, 0.25) is 0 Å². The summed E-state index contributed by atoms with van der Waals surface area (Å²) in [6.07, 6.45) is 4.61. The zero-order chi connectivity index (χ0) is 15.6. The van der Waals surface area contributed by atoms with Crippen LogP contribution in [0, 0.1) is 0 Å². The second-order valence-electron chi connectivity index (χ2n) is 4.91. The van der Waals surface area contributed by atoms with Crippen molar-refractivity contribution in [3.63, 3.8) is 0 Å². The van der Waals surface area contributed by atoms with Crippen molar-refractivity contribution in [2.24, 2.45) is 0 Å². The molecule has 5 heteroatoms. The molecule has 0 fully saturated rings. The first kappa shape index (κ1) is 14.4. The first-order valence-electron chi connectivity index (χ1n) is 6.72. The molecule has 0 saturated carbocycles. The van der Waals surface area contributed by atoms with Crippen LogP contribution in [0.5, 0.6) is 0 Å². The average molecular weight is 310 g/mol. The Morgan fingerprint density at radius 2 is 1.68 bits per heavy atom. The lowest BCUT2D eigenvalue weighted by Gasteiger charge is -2.09. The smallest absolute Gasteiger partial charge is 0.175 e. The van der Waals surface area contributed by atoms with Gasteiger partial charge in [-0.25, -0.2) is 8.42 Å². The number of benzene rings is 1. The topological polar surface area (TPSA) is 59.9 Å². The van der Waals surface area contributed by atoms with E-state index in [-0.39, 0.29) is 4.90 Å². The van der Waals surface area contributed by atoms with E-state index in [9.17, 15) is 8.42 Å². The predicted molar refractivity (Wildman–Crippen MR) is 86.0 cm³/mol. The number of aromatic nitrogens is 2. The largest absolute Gasteiger partial charge is 0.256 e. The fourth-order valence-electron chi connectivity index (χ4n) is 2.24. The third-order valence-corrected chi connectivity index (χ3v) is 4.39. The number of hydrogen-bond donors (Lipinski definition) is 0. The van der Waals surface area contributed by atoms with Gasteiger partial charge in [0.05, 0.1) is 16.3 Å². The molecular weight excluding hydrogens is 296 g/mol. The molecule has 0 saturated heterocycles. The fourth-order valence-corrected chi connectivity index (χ4v) is 2.90. The normalized spacial score (nSPS) is 11.3. The van der Waals surface area contributed by atoms with Gasteiger partial charge in [-0.05, 0) is 36.4 Å². The number of rotatable bonds is 3. The molecule has 3 aromatic rings. The molecule has 22 heavy (non-hydrogen) atoms. The van der Waals surface area contributed by atoms with E-state index in [4.69, 9.17) is 0 Å². The van der Waals surface area contributed by atoms with Crippen molar-refractivity contribution < 1.29 is 8.42 Å². The number of nitrogens with zero attached hydrogens (tertiary/aromatic N) is 2. The van der Waals surface area contributed by atoms with Gasteiger partial charge in [0.1, 0.15) is 0 Å². The van der Waals surface area contributed by atoms with Crippen LogP contribution in [0.1, 0.15) is 0 Å². The molecule has 1 aromatic carbocycles. The Morgan fingerprint density at radius 1 is 0.864 bits per heavy atom. The molecule has 0 unspecified atom stereocenters. The van der Waals surface area contributed by atoms with E-state index in [0.717, 1.165) is 16.8 Å². The van der Waals surface area contributed by atoms with Crippen LogP contribution in [0.25, 0.3) is 22.5 Å². The van der Waals surface area contributed by atoms with E-state index in [2.05, 4.69) is 9.97 Å². The quantitative estimate of drug-likeness (QED) is 0.745. The highest BCUT2D eigenvalue weighted by Crippen LogP contribution is 2.29. The van der Waals surface area contributed by atoms with Gasteiger partial charge in [0.2, 0.25) is 0 Å². The van der Waals surface area contributed by atoms with Crippen molar-refractivity contribution in [1.29, 1.82) is 0 Å². The van der Waals surface area contributed by atoms with E-state index < -0.39 is 9.84 Å². The maximum Gasteiger partial charge on any atom is 0.175 e. The van der Waals surface area contributed by atoms with Gasteiger partial charge in [-0.1, -0.05) is 18.2 Å². The van der Waals surface area contributed by atoms with Crippen LogP contribution in [0.4, 0.5) is 0 Å². The van der Waals surface area contributed by atoms with E-state index in [1.165, 1.54) is 6.26 Å². The summed E-state index contributed by atoms with van der Waals surface area (Å²) in [4.78, 5) is 9.04. The van der Waals surface area contributed by atoms with Gasteiger partial charge < -0.3 is 0 Å². The molecule has 110 valence electrons. The second kappa shape index (κ2) is 5.69. The minimum absolute atomic E-state index is 0.280. The molecule has 0 N–H and O–H groups in total. The van der Waals surface area contributed by atoms with Gasteiger partial charge in [0, 0.05) is 29.8 Å². The summed E-state index contributed by atoms with van der Waals surface area (Å²) in [7, 11) is -3.25. The van der Waals surface area contributed by atoms with Gasteiger partial charge in [-0.15, -0.1) is 0 Å². The highest BCUT2D eigenvalue weighted by Gasteiger charge is 2.12. The third kappa shape index (κ3) is 2.89. The van der Waals surface area contributed by atoms with Crippen LogP contribution in [0.15, 0.2) is 71.9 Å². The minimum Gasteiger partial charge on any atom is -0.256 e. The van der Waals surface area contributed by atoms with Gasteiger partial charge in [0.15, 0.2) is 9.84 Å². The average Bonchev–Trinajstić information content (AvgIpc) is 2.55. The van der Waals surface area contributed by atoms with Gasteiger partial charge in [-0.3, -0.25) is 9.97 Å². The first-order chi connectivity index (χ1) is 10.6. The Balaban J connectivity index is 2.18. The van der Waals surface area contributed by atoms with E-state index >= 15 is 0 Å². The molecule has 0 spiro atoms. The van der Waals surface area contributed by atoms with Crippen molar-refractivity contribution in [2.45, 2.75) is 4.90 Å². The molecule has 2 aromatic heterocycles. The molecule has 2 heterocycles. The summed E-state index contributed by atoms with van der Waals surface area (Å²) in [6.45, 7) is 0. The van der Waals surface area contributed by atoms with E-state index in [1.807, 2.05) is 36.4 Å². The molecule has 0 aliphatic carbocycles. The standard InChI is InChI=1S/C17H14N2O2S/c1-22(20,21)14-7-4-6-13(12-14)17-15(8-5-11-19-17)16-9-2-3-10-18-16/h2-12H,1H3. The molecule has 0 aliphatic rings. The fraction of sp³-hybridized carbons (Fsp3) is 0.0588. The SMILES string of the molecule is CS(=O)(=O)c1cccc(-c2ncccc2-c2ccccn2)c1. The summed E-state index contributed by atoms with van der Waals surface area (Å²) in [6, 6.07) is 16.2. The Labute approximate surface area is 129 Å². The van der Waals surface area contributed by atoms with Crippen LogP contribution >= 0.6 is 0 Å². The zero-order valence-electron chi connectivity index (χ0n) is 12.0. The molecular formula is C17H14N2O2S. The highest BCUT2D eigenvalue weighted by atomic mass is 32.2. The zero-order valence-corrected chi connectivity index (χ0v) is 12.8. The van der Waals surface area contributed by atoms with Crippen molar-refractivity contribution in [1.82, 2.24) is 9.97 Å². The summed E-state index contributed by atoms with van der Waals surface area (Å²) in [5.41, 5.74) is 3.14. The minimum atomic E-state index is -3.25. The molecule has 0 aliphatic heterocycles. The Morgan fingerprint density at radius 3 is 2.41 bits per heavy atom. The predicted octanol–water partition coefficient (Wildman–Crippen LogP) is 3.21. The maximum absolute atomic E-state index is 11.7. The van der Waals surface area contributed by atoms with Crippen molar-refractivity contribution >= 4 is 9.84 Å². The summed E-state index contributed by atoms with van der Waals surface area (Å²) < 4.78 is 23.5. The van der Waals surface area contributed by atoms with E-state index in [1.54, 1.807) is 30.6 Å². The van der Waals surface area contributed by atoms with Crippen LogP contribution in [-0.2, 0) is 9.84 Å². The Kier molecular flexibility index (Phi) is 3.73. The Bertz CT molecular complexity index is 907. The molecule has 0 radical (unpaired) electrons. The Hall–Kier alpha value is -2.53.